The Morgan fingerprint density at radius 1 is 1.16 bits per heavy atom. The average Bonchev–Trinajstić information content (AvgIpc) is 3.52. The molecule has 4 heterocycles. The van der Waals surface area contributed by atoms with E-state index in [1.165, 1.54) is 24.3 Å². The summed E-state index contributed by atoms with van der Waals surface area (Å²) in [5.74, 6) is 1.47. The van der Waals surface area contributed by atoms with Crippen molar-refractivity contribution in [2.75, 3.05) is 44.4 Å². The van der Waals surface area contributed by atoms with Crippen LogP contribution in [0.4, 0.5) is 19.0 Å². The zero-order valence-corrected chi connectivity index (χ0v) is 23.7. The number of aromatic nitrogens is 2. The molecule has 1 N–H and O–H groups in total. The van der Waals surface area contributed by atoms with Crippen LogP contribution in [-0.2, 0) is 4.74 Å². The summed E-state index contributed by atoms with van der Waals surface area (Å²) >= 11 is 0. The van der Waals surface area contributed by atoms with Gasteiger partial charge in [-0.25, -0.2) is 13.2 Å². The average molecular weight is 589 g/mol. The number of phenolic OH excluding ortho intramolecular Hbond substituents is 1. The normalized spacial score (nSPS) is 24.0. The molecular formula is C33H31F3N4O3. The second-order valence-electron chi connectivity index (χ2n) is 11.8. The number of halogens is 3. The fourth-order valence-electron chi connectivity index (χ4n) is 7.09. The van der Waals surface area contributed by atoms with Crippen LogP contribution in [0.25, 0.3) is 32.8 Å². The third kappa shape index (κ3) is 4.62. The smallest absolute Gasteiger partial charge is 0.319 e. The van der Waals surface area contributed by atoms with E-state index in [1.54, 1.807) is 12.1 Å². The van der Waals surface area contributed by atoms with Gasteiger partial charge >= 0.3 is 6.01 Å². The third-order valence-corrected chi connectivity index (χ3v) is 9.12. The molecule has 0 spiro atoms. The van der Waals surface area contributed by atoms with E-state index < -0.39 is 23.3 Å². The van der Waals surface area contributed by atoms with Gasteiger partial charge in [0.25, 0.3) is 0 Å². The van der Waals surface area contributed by atoms with Crippen molar-refractivity contribution >= 4 is 27.5 Å². The SMILES string of the molecule is C#Cc1c(F)ccc2cc(O)cc(-c3ccc4c(N5CCOC[C@@H]5C)nc(OC[C@@]56CCCN5C[C@H](F)C6)nc4c3F)c12. The maximum atomic E-state index is 16.7. The van der Waals surface area contributed by atoms with Crippen molar-refractivity contribution in [3.05, 3.63) is 53.6 Å². The van der Waals surface area contributed by atoms with Gasteiger partial charge in [0.2, 0.25) is 0 Å². The van der Waals surface area contributed by atoms with Crippen molar-refractivity contribution in [3.63, 3.8) is 0 Å². The fourth-order valence-corrected chi connectivity index (χ4v) is 7.09. The number of hydrogen-bond donors (Lipinski definition) is 1. The molecule has 7 nitrogen and oxygen atoms in total. The first-order valence-corrected chi connectivity index (χ1v) is 14.6. The van der Waals surface area contributed by atoms with Gasteiger partial charge < -0.3 is 19.5 Å². The number of alkyl halides is 1. The highest BCUT2D eigenvalue weighted by Crippen LogP contribution is 2.42. The predicted octanol–water partition coefficient (Wildman–Crippen LogP) is 5.60. The molecule has 0 bridgehead atoms. The Labute approximate surface area is 247 Å². The van der Waals surface area contributed by atoms with Gasteiger partial charge in [0.05, 0.1) is 30.4 Å². The van der Waals surface area contributed by atoms with Crippen molar-refractivity contribution in [2.24, 2.45) is 0 Å². The number of fused-ring (bicyclic) bond motifs is 3. The fraction of sp³-hybridized carbons (Fsp3) is 0.394. The molecule has 3 saturated heterocycles. The van der Waals surface area contributed by atoms with Gasteiger partial charge in [-0.3, -0.25) is 4.90 Å². The maximum Gasteiger partial charge on any atom is 0.319 e. The van der Waals surface area contributed by atoms with Crippen LogP contribution < -0.4 is 9.64 Å². The van der Waals surface area contributed by atoms with Gasteiger partial charge in [-0.1, -0.05) is 18.1 Å². The van der Waals surface area contributed by atoms with E-state index in [9.17, 15) is 13.9 Å². The molecule has 1 aromatic heterocycles. The molecule has 3 aliphatic rings. The summed E-state index contributed by atoms with van der Waals surface area (Å²) in [7, 11) is 0. The van der Waals surface area contributed by atoms with Crippen LogP contribution in [0.5, 0.6) is 11.8 Å². The standard InChI is InChI=1S/C33H31F3N4O3/c1-3-23-27(35)8-5-20-13-22(41)14-26(28(20)23)24-6-7-25-30(29(24)36)37-32(38-31(25)40-11-12-42-17-19(40)2)43-18-33-9-4-10-39(33)16-21(34)15-33/h1,5-8,13-14,19,21,41H,4,9-12,15-18H2,2H3/t19-,21+,33-/m0/s1. The number of phenols is 1. The molecule has 43 heavy (non-hydrogen) atoms. The van der Waals surface area contributed by atoms with E-state index in [-0.39, 0.29) is 46.6 Å². The summed E-state index contributed by atoms with van der Waals surface area (Å²) < 4.78 is 57.7. The van der Waals surface area contributed by atoms with Crippen LogP contribution in [0.15, 0.2) is 36.4 Å². The van der Waals surface area contributed by atoms with E-state index >= 15 is 4.39 Å². The van der Waals surface area contributed by atoms with Crippen molar-refractivity contribution in [1.82, 2.24) is 14.9 Å². The number of ether oxygens (including phenoxy) is 2. The quantitative estimate of drug-likeness (QED) is 0.305. The lowest BCUT2D eigenvalue weighted by atomic mass is 9.93. The molecule has 4 aromatic rings. The molecule has 3 atom stereocenters. The second-order valence-corrected chi connectivity index (χ2v) is 11.8. The summed E-state index contributed by atoms with van der Waals surface area (Å²) in [5, 5.41) is 11.8. The predicted molar refractivity (Wildman–Crippen MR) is 158 cm³/mol. The van der Waals surface area contributed by atoms with E-state index in [2.05, 4.69) is 15.8 Å². The van der Waals surface area contributed by atoms with Crippen molar-refractivity contribution in [2.45, 2.75) is 43.9 Å². The molecule has 0 aliphatic carbocycles. The second kappa shape index (κ2) is 10.6. The summed E-state index contributed by atoms with van der Waals surface area (Å²) in [5.41, 5.74) is -0.102. The van der Waals surface area contributed by atoms with Crippen LogP contribution in [0, 0.1) is 24.0 Å². The largest absolute Gasteiger partial charge is 0.508 e. The van der Waals surface area contributed by atoms with Crippen molar-refractivity contribution in [3.8, 4) is 35.2 Å². The number of terminal acetylenes is 1. The number of rotatable bonds is 5. The summed E-state index contributed by atoms with van der Waals surface area (Å²) in [6, 6.07) is 8.81. The molecule has 222 valence electrons. The van der Waals surface area contributed by atoms with Crippen molar-refractivity contribution in [1.29, 1.82) is 0 Å². The Balaban J connectivity index is 1.39. The van der Waals surface area contributed by atoms with Crippen LogP contribution in [0.1, 0.15) is 31.7 Å². The van der Waals surface area contributed by atoms with Gasteiger partial charge in [-0.15, -0.1) is 6.42 Å². The summed E-state index contributed by atoms with van der Waals surface area (Å²) in [4.78, 5) is 13.5. The van der Waals surface area contributed by atoms with Gasteiger partial charge in [-0.2, -0.15) is 9.97 Å². The molecule has 10 heteroatoms. The highest BCUT2D eigenvalue weighted by atomic mass is 19.1. The monoisotopic (exact) mass is 588 g/mol. The number of morpholine rings is 1. The van der Waals surface area contributed by atoms with E-state index in [0.29, 0.717) is 54.7 Å². The highest BCUT2D eigenvalue weighted by Gasteiger charge is 2.49. The Morgan fingerprint density at radius 3 is 2.84 bits per heavy atom. The van der Waals surface area contributed by atoms with Crippen LogP contribution in [-0.4, -0.2) is 77.2 Å². The third-order valence-electron chi connectivity index (χ3n) is 9.12. The Kier molecular flexibility index (Phi) is 6.83. The molecule has 0 amide bonds. The first-order chi connectivity index (χ1) is 20.8. The topological polar surface area (TPSA) is 71.0 Å². The molecule has 0 radical (unpaired) electrons. The lowest BCUT2D eigenvalue weighted by Gasteiger charge is -2.35. The van der Waals surface area contributed by atoms with Crippen LogP contribution in [0.2, 0.25) is 0 Å². The first-order valence-electron chi connectivity index (χ1n) is 14.6. The van der Waals surface area contributed by atoms with E-state index in [1.807, 2.05) is 11.8 Å². The summed E-state index contributed by atoms with van der Waals surface area (Å²) in [6.07, 6.45) is 6.90. The van der Waals surface area contributed by atoms with Crippen LogP contribution >= 0.6 is 0 Å². The number of benzene rings is 3. The number of hydrogen-bond acceptors (Lipinski definition) is 7. The Bertz CT molecular complexity index is 1790. The molecule has 7 rings (SSSR count). The van der Waals surface area contributed by atoms with E-state index in [4.69, 9.17) is 20.9 Å². The molecular weight excluding hydrogens is 557 g/mol. The molecule has 3 aliphatic heterocycles. The zero-order valence-electron chi connectivity index (χ0n) is 23.7. The van der Waals surface area contributed by atoms with Gasteiger partial charge in [0.15, 0.2) is 5.82 Å². The van der Waals surface area contributed by atoms with Gasteiger partial charge in [-0.05, 0) is 61.5 Å². The van der Waals surface area contributed by atoms with Gasteiger partial charge in [0.1, 0.15) is 35.7 Å². The summed E-state index contributed by atoms with van der Waals surface area (Å²) in [6.45, 7) is 4.90. The number of aromatic hydroxyl groups is 1. The Morgan fingerprint density at radius 2 is 2.02 bits per heavy atom. The van der Waals surface area contributed by atoms with Gasteiger partial charge in [0, 0.05) is 35.8 Å². The minimum atomic E-state index is -0.916. The zero-order chi connectivity index (χ0) is 29.9. The maximum absolute atomic E-state index is 16.7. The van der Waals surface area contributed by atoms with Crippen LogP contribution in [0.3, 0.4) is 0 Å². The highest BCUT2D eigenvalue weighted by molar-refractivity contribution is 6.04. The lowest BCUT2D eigenvalue weighted by Crippen LogP contribution is -2.44. The van der Waals surface area contributed by atoms with Crippen molar-refractivity contribution < 1.29 is 27.8 Å². The number of anilines is 1. The molecule has 3 fully saturated rings. The Hall–Kier alpha value is -4.07. The lowest BCUT2D eigenvalue weighted by molar-refractivity contribution is 0.0978. The van der Waals surface area contributed by atoms with E-state index in [0.717, 1.165) is 19.4 Å². The first kappa shape index (κ1) is 27.7. The molecule has 0 unspecified atom stereocenters. The molecule has 3 aromatic carbocycles. The minimum absolute atomic E-state index is 0.00287. The molecule has 0 saturated carbocycles. The number of nitrogens with zero attached hydrogens (tertiary/aromatic N) is 4. The minimum Gasteiger partial charge on any atom is -0.508 e.